The largest absolute Gasteiger partial charge is 0.497 e. The number of carbonyl (C=O) groups excluding carboxylic acids is 1. The Hall–Kier alpha value is -4.00. The number of nitrogens with one attached hydrogen (secondary N) is 1. The van der Waals surface area contributed by atoms with E-state index in [1.54, 1.807) is 25.5 Å². The van der Waals surface area contributed by atoms with Gasteiger partial charge in [0.15, 0.2) is 5.76 Å². The fourth-order valence-electron chi connectivity index (χ4n) is 3.08. The molecule has 7 nitrogen and oxygen atoms in total. The molecule has 2 heterocycles. The molecule has 2 aromatic carbocycles. The number of hydrazone groups is 1. The lowest BCUT2D eigenvalue weighted by Crippen LogP contribution is -2.17. The highest BCUT2D eigenvalue weighted by atomic mass is 16.5. The van der Waals surface area contributed by atoms with Crippen LogP contribution in [0, 0.1) is 0 Å². The van der Waals surface area contributed by atoms with E-state index in [1.807, 2.05) is 66.2 Å². The van der Waals surface area contributed by atoms with Crippen molar-refractivity contribution in [3.8, 4) is 17.2 Å². The van der Waals surface area contributed by atoms with Crippen LogP contribution in [-0.2, 0) is 0 Å². The lowest BCUT2D eigenvalue weighted by molar-refractivity contribution is 0.0929. The second-order valence-electron chi connectivity index (χ2n) is 6.44. The topological polar surface area (TPSA) is 78.0 Å². The summed E-state index contributed by atoms with van der Waals surface area (Å²) < 4.78 is 18.2. The molecule has 0 aliphatic carbocycles. The molecular formula is C23H21N3O4. The number of fused-ring (bicyclic) bond motifs is 1. The Morgan fingerprint density at radius 1 is 1.13 bits per heavy atom. The first-order valence-corrected chi connectivity index (χ1v) is 9.49. The number of nitrogens with zero attached hydrogens (tertiary/aromatic N) is 2. The minimum Gasteiger partial charge on any atom is -0.497 e. The number of carbonyl (C=O) groups is 1. The smallest absolute Gasteiger partial charge is 0.307 e. The fourth-order valence-corrected chi connectivity index (χ4v) is 3.08. The zero-order valence-electron chi connectivity index (χ0n) is 16.7. The van der Waals surface area contributed by atoms with Crippen LogP contribution in [0.3, 0.4) is 0 Å². The van der Waals surface area contributed by atoms with Gasteiger partial charge in [0.2, 0.25) is 0 Å². The van der Waals surface area contributed by atoms with Crippen molar-refractivity contribution in [2.75, 3.05) is 13.7 Å². The zero-order valence-corrected chi connectivity index (χ0v) is 16.7. The maximum absolute atomic E-state index is 12.4. The second kappa shape index (κ2) is 8.57. The molecular weight excluding hydrogens is 382 g/mol. The summed E-state index contributed by atoms with van der Waals surface area (Å²) in [5, 5.41) is 4.87. The van der Waals surface area contributed by atoms with Gasteiger partial charge in [-0.3, -0.25) is 4.79 Å². The third-order valence-corrected chi connectivity index (χ3v) is 4.52. The van der Waals surface area contributed by atoms with Crippen molar-refractivity contribution in [1.82, 2.24) is 9.99 Å². The number of benzene rings is 2. The molecule has 0 unspecified atom stereocenters. The van der Waals surface area contributed by atoms with Crippen LogP contribution in [0.5, 0.6) is 11.5 Å². The molecule has 7 heteroatoms. The Morgan fingerprint density at radius 3 is 2.70 bits per heavy atom. The van der Waals surface area contributed by atoms with E-state index in [2.05, 4.69) is 10.5 Å². The molecule has 0 fully saturated rings. The van der Waals surface area contributed by atoms with Crippen LogP contribution in [0.1, 0.15) is 23.2 Å². The van der Waals surface area contributed by atoms with Gasteiger partial charge in [-0.15, -0.1) is 0 Å². The van der Waals surface area contributed by atoms with E-state index < -0.39 is 5.91 Å². The van der Waals surface area contributed by atoms with Crippen LogP contribution in [0.25, 0.3) is 16.7 Å². The SMILES string of the molecule is CCOc1ccc2oc(C(=O)N/N=C/c3cccn3-c3ccc(OC)cc3)cc2c1. The van der Waals surface area contributed by atoms with E-state index >= 15 is 0 Å². The maximum Gasteiger partial charge on any atom is 0.307 e. The molecule has 152 valence electrons. The van der Waals surface area contributed by atoms with E-state index in [4.69, 9.17) is 13.9 Å². The van der Waals surface area contributed by atoms with E-state index in [0.717, 1.165) is 28.3 Å². The molecule has 1 N–H and O–H groups in total. The molecule has 1 amide bonds. The van der Waals surface area contributed by atoms with Gasteiger partial charge in [0.05, 0.1) is 25.6 Å². The Balaban J connectivity index is 1.46. The zero-order chi connectivity index (χ0) is 20.9. The van der Waals surface area contributed by atoms with Crippen molar-refractivity contribution < 1.29 is 18.7 Å². The van der Waals surface area contributed by atoms with E-state index in [-0.39, 0.29) is 5.76 Å². The molecule has 0 saturated carbocycles. The highest BCUT2D eigenvalue weighted by Gasteiger charge is 2.12. The maximum atomic E-state index is 12.4. The van der Waals surface area contributed by atoms with Crippen LogP contribution in [0.4, 0.5) is 0 Å². The first-order chi connectivity index (χ1) is 14.7. The van der Waals surface area contributed by atoms with Gasteiger partial charge in [-0.05, 0) is 67.6 Å². The van der Waals surface area contributed by atoms with Gasteiger partial charge < -0.3 is 18.5 Å². The molecule has 0 spiro atoms. The highest BCUT2D eigenvalue weighted by Crippen LogP contribution is 2.24. The number of furan rings is 1. The third kappa shape index (κ3) is 4.05. The number of amides is 1. The molecule has 4 rings (SSSR count). The summed E-state index contributed by atoms with van der Waals surface area (Å²) in [5.41, 5.74) is 4.89. The average Bonchev–Trinajstić information content (AvgIpc) is 3.41. The van der Waals surface area contributed by atoms with Gasteiger partial charge in [0.25, 0.3) is 0 Å². The van der Waals surface area contributed by atoms with Crippen LogP contribution < -0.4 is 14.9 Å². The summed E-state index contributed by atoms with van der Waals surface area (Å²) in [7, 11) is 1.63. The first-order valence-electron chi connectivity index (χ1n) is 9.49. The van der Waals surface area contributed by atoms with E-state index in [1.165, 1.54) is 0 Å². The van der Waals surface area contributed by atoms with E-state index in [9.17, 15) is 4.79 Å². The monoisotopic (exact) mass is 403 g/mol. The molecule has 2 aromatic heterocycles. The quantitative estimate of drug-likeness (QED) is 0.367. The van der Waals surface area contributed by atoms with Crippen LogP contribution >= 0.6 is 0 Å². The van der Waals surface area contributed by atoms with Gasteiger partial charge >= 0.3 is 5.91 Å². The van der Waals surface area contributed by atoms with Crippen molar-refractivity contribution in [1.29, 1.82) is 0 Å². The predicted octanol–water partition coefficient (Wildman–Crippen LogP) is 4.39. The summed E-state index contributed by atoms with van der Waals surface area (Å²) >= 11 is 0. The lowest BCUT2D eigenvalue weighted by Gasteiger charge is -2.07. The highest BCUT2D eigenvalue weighted by molar-refractivity contribution is 5.96. The third-order valence-electron chi connectivity index (χ3n) is 4.52. The van der Waals surface area contributed by atoms with Crippen molar-refractivity contribution in [2.45, 2.75) is 6.92 Å². The number of aromatic nitrogens is 1. The van der Waals surface area contributed by atoms with Crippen molar-refractivity contribution >= 4 is 23.1 Å². The molecule has 0 radical (unpaired) electrons. The van der Waals surface area contributed by atoms with Gasteiger partial charge in [0.1, 0.15) is 17.1 Å². The van der Waals surface area contributed by atoms with Crippen LogP contribution in [-0.4, -0.2) is 30.4 Å². The molecule has 0 saturated heterocycles. The normalized spacial score (nSPS) is 11.1. The Labute approximate surface area is 173 Å². The predicted molar refractivity (Wildman–Crippen MR) is 115 cm³/mol. The number of methoxy groups -OCH3 is 1. The van der Waals surface area contributed by atoms with Gasteiger partial charge in [0, 0.05) is 17.3 Å². The number of ether oxygens (including phenoxy) is 2. The summed E-state index contributed by atoms with van der Waals surface area (Å²) in [6, 6.07) is 18.6. The van der Waals surface area contributed by atoms with E-state index in [0.29, 0.717) is 12.2 Å². The molecule has 0 aliphatic heterocycles. The lowest BCUT2D eigenvalue weighted by atomic mass is 10.2. The fraction of sp³-hybridized carbons (Fsp3) is 0.130. The summed E-state index contributed by atoms with van der Waals surface area (Å²) in [4.78, 5) is 12.4. The van der Waals surface area contributed by atoms with Crippen LogP contribution in [0.2, 0.25) is 0 Å². The molecule has 4 aromatic rings. The minimum atomic E-state index is -0.428. The van der Waals surface area contributed by atoms with Crippen molar-refractivity contribution in [3.63, 3.8) is 0 Å². The van der Waals surface area contributed by atoms with Gasteiger partial charge in [-0.2, -0.15) is 5.10 Å². The average molecular weight is 403 g/mol. The van der Waals surface area contributed by atoms with Gasteiger partial charge in [-0.1, -0.05) is 0 Å². The van der Waals surface area contributed by atoms with Gasteiger partial charge in [-0.25, -0.2) is 5.43 Å². The number of hydrogen-bond donors (Lipinski definition) is 1. The second-order valence-corrected chi connectivity index (χ2v) is 6.44. The standard InChI is InChI=1S/C23H21N3O4/c1-3-29-20-10-11-21-16(13-20)14-22(30-21)23(27)25-24-15-18-5-4-12-26(18)17-6-8-19(28-2)9-7-17/h4-15H,3H2,1-2H3,(H,25,27)/b24-15+. The molecule has 0 atom stereocenters. The Bertz CT molecular complexity index is 1190. The Morgan fingerprint density at radius 2 is 1.93 bits per heavy atom. The number of hydrogen-bond acceptors (Lipinski definition) is 5. The summed E-state index contributed by atoms with van der Waals surface area (Å²) in [6.07, 6.45) is 3.50. The minimum absolute atomic E-state index is 0.182. The number of rotatable bonds is 7. The van der Waals surface area contributed by atoms with Crippen molar-refractivity contribution in [3.05, 3.63) is 78.3 Å². The Kier molecular flexibility index (Phi) is 5.52. The molecule has 30 heavy (non-hydrogen) atoms. The van der Waals surface area contributed by atoms with Crippen molar-refractivity contribution in [2.24, 2.45) is 5.10 Å². The van der Waals surface area contributed by atoms with Crippen LogP contribution in [0.15, 0.2) is 76.4 Å². The first kappa shape index (κ1) is 19.3. The molecule has 0 aliphatic rings. The summed E-state index contributed by atoms with van der Waals surface area (Å²) in [5.74, 6) is 1.27. The summed E-state index contributed by atoms with van der Waals surface area (Å²) in [6.45, 7) is 2.49. The molecule has 0 bridgehead atoms.